The van der Waals surface area contributed by atoms with Gasteiger partial charge in [0.1, 0.15) is 0 Å². The number of rotatable bonds is 4. The number of piperazine rings is 1. The molecule has 0 aromatic rings. The molecular formula is C11H24N2O. The predicted molar refractivity (Wildman–Crippen MR) is 59.6 cm³/mol. The van der Waals surface area contributed by atoms with Gasteiger partial charge in [0.05, 0.1) is 6.61 Å². The van der Waals surface area contributed by atoms with Gasteiger partial charge in [0, 0.05) is 38.8 Å². The maximum absolute atomic E-state index is 5.26. The molecule has 3 heteroatoms. The molecule has 3 nitrogen and oxygen atoms in total. The SMILES string of the molecule is CCN1CCN(C(C)(C)COC)CC1. The smallest absolute Gasteiger partial charge is 0.0641 e. The molecule has 1 aliphatic rings. The molecule has 0 bridgehead atoms. The quantitative estimate of drug-likeness (QED) is 0.674. The zero-order chi connectivity index (χ0) is 10.6. The van der Waals surface area contributed by atoms with E-state index in [9.17, 15) is 0 Å². The largest absolute Gasteiger partial charge is 0.383 e. The molecule has 1 saturated heterocycles. The lowest BCUT2D eigenvalue weighted by molar-refractivity contribution is 0.00335. The minimum Gasteiger partial charge on any atom is -0.383 e. The van der Waals surface area contributed by atoms with E-state index in [0.29, 0.717) is 0 Å². The third-order valence-corrected chi connectivity index (χ3v) is 3.17. The molecule has 0 N–H and O–H groups in total. The Balaban J connectivity index is 2.40. The van der Waals surface area contributed by atoms with Crippen molar-refractivity contribution in [1.29, 1.82) is 0 Å². The highest BCUT2D eigenvalue weighted by molar-refractivity contribution is 4.85. The number of ether oxygens (including phenoxy) is 1. The maximum atomic E-state index is 5.26. The van der Waals surface area contributed by atoms with Gasteiger partial charge in [0.25, 0.3) is 0 Å². The first kappa shape index (κ1) is 12.0. The van der Waals surface area contributed by atoms with Crippen molar-refractivity contribution in [2.45, 2.75) is 26.3 Å². The molecule has 0 aromatic heterocycles. The van der Waals surface area contributed by atoms with Crippen molar-refractivity contribution < 1.29 is 4.74 Å². The second kappa shape index (κ2) is 5.10. The van der Waals surface area contributed by atoms with Gasteiger partial charge in [0.15, 0.2) is 0 Å². The van der Waals surface area contributed by atoms with Crippen LogP contribution in [-0.2, 0) is 4.74 Å². The Hall–Kier alpha value is -0.120. The molecule has 0 atom stereocenters. The van der Waals surface area contributed by atoms with Gasteiger partial charge < -0.3 is 9.64 Å². The normalized spacial score (nSPS) is 21.4. The molecule has 0 amide bonds. The number of hydrogen-bond donors (Lipinski definition) is 0. The van der Waals surface area contributed by atoms with Crippen LogP contribution in [-0.4, -0.2) is 61.8 Å². The predicted octanol–water partition coefficient (Wildman–Crippen LogP) is 1.05. The second-order valence-electron chi connectivity index (χ2n) is 4.67. The molecule has 0 aromatic carbocycles. The summed E-state index contributed by atoms with van der Waals surface area (Å²) in [4.78, 5) is 5.03. The Morgan fingerprint density at radius 3 is 2.14 bits per heavy atom. The summed E-state index contributed by atoms with van der Waals surface area (Å²) in [7, 11) is 1.78. The van der Waals surface area contributed by atoms with Crippen molar-refractivity contribution in [3.05, 3.63) is 0 Å². The summed E-state index contributed by atoms with van der Waals surface area (Å²) >= 11 is 0. The van der Waals surface area contributed by atoms with E-state index in [0.717, 1.165) is 6.61 Å². The van der Waals surface area contributed by atoms with Crippen molar-refractivity contribution in [2.24, 2.45) is 0 Å². The van der Waals surface area contributed by atoms with E-state index in [1.165, 1.54) is 32.7 Å². The first-order valence-corrected chi connectivity index (χ1v) is 5.56. The van der Waals surface area contributed by atoms with Crippen molar-refractivity contribution in [3.8, 4) is 0 Å². The molecule has 0 radical (unpaired) electrons. The fourth-order valence-corrected chi connectivity index (χ4v) is 2.11. The lowest BCUT2D eigenvalue weighted by atomic mass is 10.0. The van der Waals surface area contributed by atoms with Crippen LogP contribution < -0.4 is 0 Å². The fraction of sp³-hybridized carbons (Fsp3) is 1.00. The first-order chi connectivity index (χ1) is 6.60. The molecule has 0 spiro atoms. The molecule has 1 rings (SSSR count). The molecule has 0 aliphatic carbocycles. The van der Waals surface area contributed by atoms with Crippen LogP contribution in [0.25, 0.3) is 0 Å². The van der Waals surface area contributed by atoms with Gasteiger partial charge in [-0.05, 0) is 20.4 Å². The van der Waals surface area contributed by atoms with Crippen LogP contribution in [0, 0.1) is 0 Å². The Morgan fingerprint density at radius 2 is 1.71 bits per heavy atom. The van der Waals surface area contributed by atoms with Crippen LogP contribution in [0.1, 0.15) is 20.8 Å². The van der Waals surface area contributed by atoms with E-state index in [2.05, 4.69) is 30.6 Å². The Kier molecular flexibility index (Phi) is 4.35. The number of likely N-dealkylation sites (N-methyl/N-ethyl adjacent to an activating group) is 1. The van der Waals surface area contributed by atoms with E-state index in [-0.39, 0.29) is 5.54 Å². The van der Waals surface area contributed by atoms with E-state index < -0.39 is 0 Å². The van der Waals surface area contributed by atoms with E-state index in [1.807, 2.05) is 0 Å². The van der Waals surface area contributed by atoms with Gasteiger partial charge in [-0.2, -0.15) is 0 Å². The van der Waals surface area contributed by atoms with Crippen molar-refractivity contribution in [1.82, 2.24) is 9.80 Å². The van der Waals surface area contributed by atoms with Gasteiger partial charge in [-0.1, -0.05) is 6.92 Å². The minimum atomic E-state index is 0.189. The average Bonchev–Trinajstić information content (AvgIpc) is 2.18. The van der Waals surface area contributed by atoms with Gasteiger partial charge >= 0.3 is 0 Å². The van der Waals surface area contributed by atoms with E-state index in [1.54, 1.807) is 7.11 Å². The standard InChI is InChI=1S/C11H24N2O/c1-5-12-6-8-13(9-7-12)11(2,3)10-14-4/h5-10H2,1-4H3. The van der Waals surface area contributed by atoms with Gasteiger partial charge in [0.2, 0.25) is 0 Å². The molecule has 84 valence electrons. The molecular weight excluding hydrogens is 176 g/mol. The Labute approximate surface area is 88.0 Å². The van der Waals surface area contributed by atoms with Crippen LogP contribution in [0.3, 0.4) is 0 Å². The van der Waals surface area contributed by atoms with Crippen LogP contribution in [0.5, 0.6) is 0 Å². The third-order valence-electron chi connectivity index (χ3n) is 3.17. The van der Waals surface area contributed by atoms with Crippen LogP contribution in [0.2, 0.25) is 0 Å². The first-order valence-electron chi connectivity index (χ1n) is 5.56. The third kappa shape index (κ3) is 2.94. The minimum absolute atomic E-state index is 0.189. The summed E-state index contributed by atoms with van der Waals surface area (Å²) < 4.78 is 5.26. The van der Waals surface area contributed by atoms with Crippen LogP contribution in [0.15, 0.2) is 0 Å². The number of methoxy groups -OCH3 is 1. The van der Waals surface area contributed by atoms with Gasteiger partial charge in [-0.3, -0.25) is 4.90 Å². The fourth-order valence-electron chi connectivity index (χ4n) is 2.11. The molecule has 14 heavy (non-hydrogen) atoms. The Bertz CT molecular complexity index is 163. The highest BCUT2D eigenvalue weighted by atomic mass is 16.5. The summed E-state index contributed by atoms with van der Waals surface area (Å²) in [6.45, 7) is 13.5. The van der Waals surface area contributed by atoms with Crippen LogP contribution >= 0.6 is 0 Å². The maximum Gasteiger partial charge on any atom is 0.0641 e. The summed E-state index contributed by atoms with van der Waals surface area (Å²) in [5, 5.41) is 0. The number of hydrogen-bond acceptors (Lipinski definition) is 3. The lowest BCUT2D eigenvalue weighted by Crippen LogP contribution is -2.56. The van der Waals surface area contributed by atoms with E-state index in [4.69, 9.17) is 4.74 Å². The summed E-state index contributed by atoms with van der Waals surface area (Å²) in [5.41, 5.74) is 0.189. The van der Waals surface area contributed by atoms with E-state index >= 15 is 0 Å². The van der Waals surface area contributed by atoms with Crippen molar-refractivity contribution >= 4 is 0 Å². The van der Waals surface area contributed by atoms with Gasteiger partial charge in [-0.25, -0.2) is 0 Å². The topological polar surface area (TPSA) is 15.7 Å². The highest BCUT2D eigenvalue weighted by Crippen LogP contribution is 2.16. The zero-order valence-corrected chi connectivity index (χ0v) is 10.0. The summed E-state index contributed by atoms with van der Waals surface area (Å²) in [6.07, 6.45) is 0. The highest BCUT2D eigenvalue weighted by Gasteiger charge is 2.29. The molecule has 0 unspecified atom stereocenters. The van der Waals surface area contributed by atoms with Crippen molar-refractivity contribution in [3.63, 3.8) is 0 Å². The monoisotopic (exact) mass is 200 g/mol. The van der Waals surface area contributed by atoms with Crippen LogP contribution in [0.4, 0.5) is 0 Å². The Morgan fingerprint density at radius 1 is 1.14 bits per heavy atom. The number of nitrogens with zero attached hydrogens (tertiary/aromatic N) is 2. The molecule has 0 saturated carbocycles. The lowest BCUT2D eigenvalue weighted by Gasteiger charge is -2.43. The summed E-state index contributed by atoms with van der Waals surface area (Å²) in [6, 6.07) is 0. The summed E-state index contributed by atoms with van der Waals surface area (Å²) in [5.74, 6) is 0. The van der Waals surface area contributed by atoms with Gasteiger partial charge in [-0.15, -0.1) is 0 Å². The molecule has 1 fully saturated rings. The van der Waals surface area contributed by atoms with Crippen molar-refractivity contribution in [2.75, 3.05) is 46.4 Å². The molecule has 1 heterocycles. The zero-order valence-electron chi connectivity index (χ0n) is 10.0. The second-order valence-corrected chi connectivity index (χ2v) is 4.67. The average molecular weight is 200 g/mol. The molecule has 1 aliphatic heterocycles.